The summed E-state index contributed by atoms with van der Waals surface area (Å²) in [6, 6.07) is 20.5. The number of rotatable bonds is 7. The van der Waals surface area contributed by atoms with Gasteiger partial charge in [-0.05, 0) is 68.7 Å². The summed E-state index contributed by atoms with van der Waals surface area (Å²) >= 11 is 0. The van der Waals surface area contributed by atoms with Crippen LogP contribution in [0.1, 0.15) is 51.7 Å². The maximum absolute atomic E-state index is 13.2. The molecule has 0 atom stereocenters. The highest BCUT2D eigenvalue weighted by atomic mass is 16.2. The zero-order valence-corrected chi connectivity index (χ0v) is 23.1. The predicted octanol–water partition coefficient (Wildman–Crippen LogP) is 4.91. The second kappa shape index (κ2) is 11.7. The molecule has 2 aromatic heterocycles. The van der Waals surface area contributed by atoms with E-state index >= 15 is 0 Å². The molecule has 0 radical (unpaired) electrons. The van der Waals surface area contributed by atoms with Crippen molar-refractivity contribution in [2.45, 2.75) is 39.3 Å². The molecule has 3 amide bonds. The van der Waals surface area contributed by atoms with Crippen LogP contribution in [-0.4, -0.2) is 58.2 Å². The minimum absolute atomic E-state index is 0.0373. The number of nitrogens with one attached hydrogen (secondary N) is 2. The van der Waals surface area contributed by atoms with Crippen LogP contribution in [0, 0.1) is 6.92 Å². The van der Waals surface area contributed by atoms with Gasteiger partial charge in [0.1, 0.15) is 11.5 Å². The van der Waals surface area contributed by atoms with Gasteiger partial charge < -0.3 is 10.6 Å². The number of imidazole rings is 1. The number of carbonyl (C=O) groups excluding carboxylic acids is 3. The molecule has 1 aliphatic heterocycles. The number of amides is 3. The van der Waals surface area contributed by atoms with Crippen molar-refractivity contribution in [2.24, 2.45) is 0 Å². The molecule has 0 saturated carbocycles. The number of carbonyl (C=O) groups is 3. The molecule has 0 bridgehead atoms. The number of hydrogen-bond donors (Lipinski definition) is 2. The summed E-state index contributed by atoms with van der Waals surface area (Å²) in [5.41, 5.74) is 4.26. The Hall–Kier alpha value is -4.50. The summed E-state index contributed by atoms with van der Waals surface area (Å²) in [5, 5.41) is 6.04. The van der Waals surface area contributed by atoms with Crippen LogP contribution in [0.15, 0.2) is 72.9 Å². The monoisotopic (exact) mass is 538 g/mol. The average Bonchev–Trinajstić information content (AvgIpc) is 3.29. The molecule has 206 valence electrons. The Morgan fingerprint density at radius 2 is 1.62 bits per heavy atom. The van der Waals surface area contributed by atoms with E-state index in [9.17, 15) is 14.4 Å². The van der Waals surface area contributed by atoms with Crippen LogP contribution in [0.3, 0.4) is 0 Å². The molecule has 4 aromatic rings. The van der Waals surface area contributed by atoms with Gasteiger partial charge in [0.2, 0.25) is 0 Å². The lowest BCUT2D eigenvalue weighted by atomic mass is 10.0. The SMILES string of the molecule is CC(=O)c1ccc(NC(=O)N(C)c2c(C)nc3ccc(C(=O)NC4CCN(Cc5ccccc5)CC4)cn23)cc1. The number of pyridine rings is 1. The van der Waals surface area contributed by atoms with E-state index in [1.54, 1.807) is 54.0 Å². The molecule has 1 aliphatic rings. The van der Waals surface area contributed by atoms with Gasteiger partial charge in [0.25, 0.3) is 5.91 Å². The van der Waals surface area contributed by atoms with Crippen molar-refractivity contribution < 1.29 is 14.4 Å². The molecule has 9 nitrogen and oxygen atoms in total. The molecule has 40 heavy (non-hydrogen) atoms. The molecular formula is C31H34N6O3. The summed E-state index contributed by atoms with van der Waals surface area (Å²) in [6.07, 6.45) is 3.52. The molecule has 3 heterocycles. The number of fused-ring (bicyclic) bond motifs is 1. The molecule has 1 fully saturated rings. The van der Waals surface area contributed by atoms with Crippen molar-refractivity contribution in [1.29, 1.82) is 0 Å². The van der Waals surface area contributed by atoms with Gasteiger partial charge in [-0.2, -0.15) is 0 Å². The van der Waals surface area contributed by atoms with Crippen LogP contribution in [-0.2, 0) is 6.54 Å². The topological polar surface area (TPSA) is 99.0 Å². The highest BCUT2D eigenvalue weighted by Crippen LogP contribution is 2.23. The number of urea groups is 1. The Labute approximate surface area is 233 Å². The molecule has 1 saturated heterocycles. The van der Waals surface area contributed by atoms with Crippen LogP contribution in [0.4, 0.5) is 16.3 Å². The fourth-order valence-corrected chi connectivity index (χ4v) is 5.13. The van der Waals surface area contributed by atoms with Gasteiger partial charge in [-0.15, -0.1) is 0 Å². The molecule has 2 N–H and O–H groups in total. The smallest absolute Gasteiger partial charge is 0.327 e. The molecular weight excluding hydrogens is 504 g/mol. The summed E-state index contributed by atoms with van der Waals surface area (Å²) in [4.78, 5) is 46.3. The summed E-state index contributed by atoms with van der Waals surface area (Å²) in [7, 11) is 1.66. The van der Waals surface area contributed by atoms with E-state index < -0.39 is 0 Å². The van der Waals surface area contributed by atoms with E-state index in [1.165, 1.54) is 17.4 Å². The van der Waals surface area contributed by atoms with Crippen molar-refractivity contribution in [3.8, 4) is 0 Å². The summed E-state index contributed by atoms with van der Waals surface area (Å²) in [5.74, 6) is 0.389. The Kier molecular flexibility index (Phi) is 7.93. The Balaban J connectivity index is 1.24. The highest BCUT2D eigenvalue weighted by Gasteiger charge is 2.23. The predicted molar refractivity (Wildman–Crippen MR) is 156 cm³/mol. The van der Waals surface area contributed by atoms with E-state index in [1.807, 2.05) is 13.0 Å². The van der Waals surface area contributed by atoms with E-state index in [4.69, 9.17) is 0 Å². The number of ketones is 1. The molecule has 2 aromatic carbocycles. The first-order valence-electron chi connectivity index (χ1n) is 13.5. The number of aromatic nitrogens is 2. The molecule has 0 spiro atoms. The second-order valence-corrected chi connectivity index (χ2v) is 10.3. The van der Waals surface area contributed by atoms with E-state index in [0.29, 0.717) is 34.0 Å². The third-order valence-electron chi connectivity index (χ3n) is 7.36. The van der Waals surface area contributed by atoms with Gasteiger partial charge >= 0.3 is 6.03 Å². The van der Waals surface area contributed by atoms with Crippen LogP contribution < -0.4 is 15.5 Å². The van der Waals surface area contributed by atoms with Gasteiger partial charge in [0, 0.05) is 50.2 Å². The van der Waals surface area contributed by atoms with Gasteiger partial charge in [-0.25, -0.2) is 9.78 Å². The zero-order valence-electron chi connectivity index (χ0n) is 23.1. The number of benzene rings is 2. The van der Waals surface area contributed by atoms with E-state index in [-0.39, 0.29) is 23.8 Å². The third kappa shape index (κ3) is 6.05. The maximum atomic E-state index is 13.2. The maximum Gasteiger partial charge on any atom is 0.327 e. The lowest BCUT2D eigenvalue weighted by Gasteiger charge is -2.32. The van der Waals surface area contributed by atoms with Crippen LogP contribution >= 0.6 is 0 Å². The molecule has 9 heteroatoms. The van der Waals surface area contributed by atoms with Crippen molar-refractivity contribution >= 4 is 34.9 Å². The first kappa shape index (κ1) is 27.1. The number of Topliss-reactive ketones (excluding diaryl/α,β-unsaturated/α-hetero) is 1. The zero-order chi connectivity index (χ0) is 28.2. The summed E-state index contributed by atoms with van der Waals surface area (Å²) in [6.45, 7) is 6.12. The largest absolute Gasteiger partial charge is 0.349 e. The Morgan fingerprint density at radius 3 is 2.30 bits per heavy atom. The average molecular weight is 539 g/mol. The van der Waals surface area contributed by atoms with Crippen molar-refractivity contribution in [3.05, 3.63) is 95.3 Å². The van der Waals surface area contributed by atoms with Crippen molar-refractivity contribution in [2.75, 3.05) is 30.4 Å². The van der Waals surface area contributed by atoms with Gasteiger partial charge in [-0.1, -0.05) is 30.3 Å². The van der Waals surface area contributed by atoms with Crippen molar-refractivity contribution in [3.63, 3.8) is 0 Å². The van der Waals surface area contributed by atoms with Gasteiger partial charge in [0.15, 0.2) is 5.78 Å². The lowest BCUT2D eigenvalue weighted by molar-refractivity contribution is 0.0908. The Morgan fingerprint density at radius 1 is 0.950 bits per heavy atom. The van der Waals surface area contributed by atoms with Crippen molar-refractivity contribution in [1.82, 2.24) is 19.6 Å². The van der Waals surface area contributed by atoms with Gasteiger partial charge in [0.05, 0.1) is 11.3 Å². The van der Waals surface area contributed by atoms with Crippen LogP contribution in [0.25, 0.3) is 5.65 Å². The minimum Gasteiger partial charge on any atom is -0.349 e. The van der Waals surface area contributed by atoms with Crippen LogP contribution in [0.2, 0.25) is 0 Å². The molecule has 0 aliphatic carbocycles. The molecule has 0 unspecified atom stereocenters. The first-order chi connectivity index (χ1) is 19.3. The van der Waals surface area contributed by atoms with Crippen LogP contribution in [0.5, 0.6) is 0 Å². The standard InChI is InChI=1S/C31H34N6O3/c1-21-30(35(3)31(40)34-26-12-9-24(10-13-26)22(2)38)37-20-25(11-14-28(37)32-21)29(39)33-27-15-17-36(18-16-27)19-23-7-5-4-6-8-23/h4-14,20,27H,15-19H2,1-3H3,(H,33,39)(H,34,40). The fraction of sp³-hybridized carbons (Fsp3) is 0.290. The number of piperidine rings is 1. The number of hydrogen-bond acceptors (Lipinski definition) is 5. The lowest BCUT2D eigenvalue weighted by Crippen LogP contribution is -2.44. The highest BCUT2D eigenvalue weighted by molar-refractivity contribution is 6.02. The normalized spacial score (nSPS) is 14.2. The fourth-order valence-electron chi connectivity index (χ4n) is 5.13. The molecule has 5 rings (SSSR count). The van der Waals surface area contributed by atoms with E-state index in [0.717, 1.165) is 32.5 Å². The number of likely N-dealkylation sites (tertiary alicyclic amines) is 1. The minimum atomic E-state index is -0.363. The third-order valence-corrected chi connectivity index (χ3v) is 7.36. The summed E-state index contributed by atoms with van der Waals surface area (Å²) < 4.78 is 1.77. The quantitative estimate of drug-likeness (QED) is 0.326. The number of anilines is 2. The number of nitrogens with zero attached hydrogens (tertiary/aromatic N) is 4. The van der Waals surface area contributed by atoms with Gasteiger partial charge in [-0.3, -0.25) is 23.8 Å². The second-order valence-electron chi connectivity index (χ2n) is 10.3. The van der Waals surface area contributed by atoms with E-state index in [2.05, 4.69) is 44.8 Å². The first-order valence-corrected chi connectivity index (χ1v) is 13.5. The Bertz CT molecular complexity index is 1520. The number of aryl methyl sites for hydroxylation is 1.